The summed E-state index contributed by atoms with van der Waals surface area (Å²) in [5, 5.41) is 3.04. The van der Waals surface area contributed by atoms with E-state index in [9.17, 15) is 13.2 Å². The minimum Gasteiger partial charge on any atom is -0.497 e. The number of nitrogens with one attached hydrogen (secondary N) is 1. The van der Waals surface area contributed by atoms with Gasteiger partial charge in [-0.3, -0.25) is 9.10 Å². The van der Waals surface area contributed by atoms with Gasteiger partial charge in [-0.15, -0.1) is 0 Å². The van der Waals surface area contributed by atoms with E-state index in [0.717, 1.165) is 16.1 Å². The van der Waals surface area contributed by atoms with E-state index in [4.69, 9.17) is 39.5 Å². The molecular weight excluding hydrogens is 435 g/mol. The Hall–Kier alpha value is -1.67. The van der Waals surface area contributed by atoms with E-state index in [0.29, 0.717) is 5.75 Å². The summed E-state index contributed by atoms with van der Waals surface area (Å²) in [7, 11) is -2.23. The molecule has 0 radical (unpaired) electrons. The molecule has 0 aliphatic heterocycles. The molecule has 0 fully saturated rings. The first kappa shape index (κ1) is 21.6. The predicted molar refractivity (Wildman–Crippen MR) is 109 cm³/mol. The predicted octanol–water partition coefficient (Wildman–Crippen LogP) is 3.74. The van der Waals surface area contributed by atoms with Gasteiger partial charge in [-0.1, -0.05) is 46.9 Å². The summed E-state index contributed by atoms with van der Waals surface area (Å²) in [4.78, 5) is 12.3. The number of benzene rings is 2. The van der Waals surface area contributed by atoms with Crippen molar-refractivity contribution >= 4 is 56.4 Å². The Morgan fingerprint density at radius 1 is 1.07 bits per heavy atom. The SMILES string of the molecule is COc1ccc(CNC(=O)CN(c2cc(Cl)c(Cl)cc2Cl)S(C)(=O)=O)cc1. The van der Waals surface area contributed by atoms with E-state index in [2.05, 4.69) is 5.32 Å². The van der Waals surface area contributed by atoms with E-state index in [1.807, 2.05) is 0 Å². The number of rotatable bonds is 7. The number of ether oxygens (including phenoxy) is 1. The van der Waals surface area contributed by atoms with Gasteiger partial charge in [-0.05, 0) is 29.8 Å². The van der Waals surface area contributed by atoms with Crippen molar-refractivity contribution in [1.29, 1.82) is 0 Å². The molecule has 1 amide bonds. The highest BCUT2D eigenvalue weighted by atomic mass is 35.5. The number of methoxy groups -OCH3 is 1. The molecule has 0 saturated heterocycles. The zero-order valence-electron chi connectivity index (χ0n) is 14.5. The molecule has 0 aliphatic rings. The maximum absolute atomic E-state index is 12.3. The molecule has 0 bridgehead atoms. The number of hydrogen-bond donors (Lipinski definition) is 1. The quantitative estimate of drug-likeness (QED) is 0.651. The lowest BCUT2D eigenvalue weighted by Gasteiger charge is -2.23. The van der Waals surface area contributed by atoms with Crippen LogP contribution in [0.1, 0.15) is 5.56 Å². The molecule has 0 aliphatic carbocycles. The zero-order valence-corrected chi connectivity index (χ0v) is 17.6. The van der Waals surface area contributed by atoms with E-state index in [1.54, 1.807) is 31.4 Å². The van der Waals surface area contributed by atoms with Crippen LogP contribution in [0, 0.1) is 0 Å². The van der Waals surface area contributed by atoms with Crippen molar-refractivity contribution in [3.63, 3.8) is 0 Å². The molecule has 146 valence electrons. The van der Waals surface area contributed by atoms with Crippen LogP contribution in [-0.2, 0) is 21.4 Å². The molecule has 0 atom stereocenters. The number of nitrogens with zero attached hydrogens (tertiary/aromatic N) is 1. The van der Waals surface area contributed by atoms with Crippen molar-refractivity contribution in [3.05, 3.63) is 57.0 Å². The summed E-state index contributed by atoms with van der Waals surface area (Å²) < 4.78 is 30.3. The van der Waals surface area contributed by atoms with Gasteiger partial charge in [0.25, 0.3) is 0 Å². The Balaban J connectivity index is 2.14. The van der Waals surface area contributed by atoms with Crippen molar-refractivity contribution in [2.45, 2.75) is 6.54 Å². The second-order valence-corrected chi connectivity index (χ2v) is 8.74. The Kier molecular flexibility index (Phi) is 7.22. The first-order valence-electron chi connectivity index (χ1n) is 7.63. The maximum atomic E-state index is 12.3. The lowest BCUT2D eigenvalue weighted by molar-refractivity contribution is -0.119. The maximum Gasteiger partial charge on any atom is 0.241 e. The number of amides is 1. The number of halogens is 3. The van der Waals surface area contributed by atoms with Gasteiger partial charge in [-0.2, -0.15) is 0 Å². The first-order valence-corrected chi connectivity index (χ1v) is 10.6. The molecule has 1 N–H and O–H groups in total. The molecular formula is C17H17Cl3N2O4S. The molecule has 2 aromatic rings. The van der Waals surface area contributed by atoms with E-state index >= 15 is 0 Å². The van der Waals surface area contributed by atoms with E-state index in [-0.39, 0.29) is 27.3 Å². The van der Waals surface area contributed by atoms with Gasteiger partial charge in [0, 0.05) is 6.54 Å². The molecule has 0 heterocycles. The molecule has 10 heteroatoms. The van der Waals surface area contributed by atoms with Gasteiger partial charge in [-0.25, -0.2) is 8.42 Å². The molecule has 0 aromatic heterocycles. The first-order chi connectivity index (χ1) is 12.6. The Morgan fingerprint density at radius 3 is 2.22 bits per heavy atom. The summed E-state index contributed by atoms with van der Waals surface area (Å²) in [5.74, 6) is 0.195. The summed E-state index contributed by atoms with van der Waals surface area (Å²) in [5.41, 5.74) is 0.913. The summed E-state index contributed by atoms with van der Waals surface area (Å²) in [6.07, 6.45) is 0.975. The number of carbonyl (C=O) groups is 1. The van der Waals surface area contributed by atoms with Crippen LogP contribution in [0.4, 0.5) is 5.69 Å². The van der Waals surface area contributed by atoms with Crippen LogP contribution in [0.5, 0.6) is 5.75 Å². The molecule has 0 unspecified atom stereocenters. The van der Waals surface area contributed by atoms with Crippen LogP contribution >= 0.6 is 34.8 Å². The highest BCUT2D eigenvalue weighted by molar-refractivity contribution is 7.92. The second kappa shape index (κ2) is 9.01. The fourth-order valence-electron chi connectivity index (χ4n) is 2.21. The minimum atomic E-state index is -3.79. The average molecular weight is 452 g/mol. The van der Waals surface area contributed by atoms with Gasteiger partial charge < -0.3 is 10.1 Å². The lowest BCUT2D eigenvalue weighted by Crippen LogP contribution is -2.40. The molecule has 0 saturated carbocycles. The topological polar surface area (TPSA) is 75.7 Å². The molecule has 2 rings (SSSR count). The largest absolute Gasteiger partial charge is 0.497 e. The Labute approximate surface area is 173 Å². The third-order valence-electron chi connectivity index (χ3n) is 3.59. The van der Waals surface area contributed by atoms with Crippen LogP contribution < -0.4 is 14.4 Å². The number of anilines is 1. The van der Waals surface area contributed by atoms with Crippen molar-refractivity contribution in [3.8, 4) is 5.75 Å². The highest BCUT2D eigenvalue weighted by Gasteiger charge is 2.24. The lowest BCUT2D eigenvalue weighted by atomic mass is 10.2. The van der Waals surface area contributed by atoms with Crippen molar-refractivity contribution in [1.82, 2.24) is 5.32 Å². The fourth-order valence-corrected chi connectivity index (χ4v) is 3.77. The summed E-state index contributed by atoms with van der Waals surface area (Å²) >= 11 is 17.9. The van der Waals surface area contributed by atoms with Crippen molar-refractivity contribution in [2.24, 2.45) is 0 Å². The van der Waals surface area contributed by atoms with Gasteiger partial charge in [0.05, 0.1) is 34.1 Å². The Bertz CT molecular complexity index is 934. The molecule has 6 nitrogen and oxygen atoms in total. The van der Waals surface area contributed by atoms with Gasteiger partial charge in [0.15, 0.2) is 0 Å². The van der Waals surface area contributed by atoms with Gasteiger partial charge in [0.2, 0.25) is 15.9 Å². The van der Waals surface area contributed by atoms with Gasteiger partial charge >= 0.3 is 0 Å². The van der Waals surface area contributed by atoms with Crippen LogP contribution in [0.15, 0.2) is 36.4 Å². The van der Waals surface area contributed by atoms with Crippen LogP contribution in [0.2, 0.25) is 15.1 Å². The standard InChI is InChI=1S/C17H17Cl3N2O4S/c1-26-12-5-3-11(4-6-12)9-21-17(23)10-22(27(2,24)25)16-8-14(19)13(18)7-15(16)20/h3-8H,9-10H2,1-2H3,(H,21,23). The monoisotopic (exact) mass is 450 g/mol. The third-order valence-corrected chi connectivity index (χ3v) is 5.75. The van der Waals surface area contributed by atoms with Crippen molar-refractivity contribution < 1.29 is 17.9 Å². The summed E-state index contributed by atoms with van der Waals surface area (Å²) in [6.45, 7) is -0.220. The minimum absolute atomic E-state index is 0.0674. The average Bonchev–Trinajstić information content (AvgIpc) is 2.61. The number of sulfonamides is 1. The van der Waals surface area contributed by atoms with Crippen LogP contribution in [0.3, 0.4) is 0 Å². The Morgan fingerprint density at radius 2 is 1.67 bits per heavy atom. The normalized spacial score (nSPS) is 11.1. The number of hydrogen-bond acceptors (Lipinski definition) is 4. The van der Waals surface area contributed by atoms with Crippen LogP contribution in [0.25, 0.3) is 0 Å². The van der Waals surface area contributed by atoms with E-state index < -0.39 is 22.5 Å². The fraction of sp³-hybridized carbons (Fsp3) is 0.235. The van der Waals surface area contributed by atoms with Crippen molar-refractivity contribution in [2.75, 3.05) is 24.2 Å². The van der Waals surface area contributed by atoms with Crippen LogP contribution in [-0.4, -0.2) is 34.2 Å². The molecule has 0 spiro atoms. The second-order valence-electron chi connectivity index (χ2n) is 5.61. The molecule has 2 aromatic carbocycles. The molecule has 27 heavy (non-hydrogen) atoms. The van der Waals surface area contributed by atoms with Gasteiger partial charge in [0.1, 0.15) is 12.3 Å². The number of carbonyl (C=O) groups excluding carboxylic acids is 1. The summed E-state index contributed by atoms with van der Waals surface area (Å²) in [6, 6.07) is 9.75. The third kappa shape index (κ3) is 5.90. The van der Waals surface area contributed by atoms with E-state index in [1.165, 1.54) is 12.1 Å². The zero-order chi connectivity index (χ0) is 20.2. The smallest absolute Gasteiger partial charge is 0.241 e. The highest BCUT2D eigenvalue weighted by Crippen LogP contribution is 2.35.